The lowest BCUT2D eigenvalue weighted by Gasteiger charge is -2.06. The highest BCUT2D eigenvalue weighted by Crippen LogP contribution is 2.06. The summed E-state index contributed by atoms with van der Waals surface area (Å²) in [6.45, 7) is 3.25. The number of nitrogens with one attached hydrogen (secondary N) is 2. The summed E-state index contributed by atoms with van der Waals surface area (Å²) in [6, 6.07) is 3.38. The summed E-state index contributed by atoms with van der Waals surface area (Å²) >= 11 is 0. The van der Waals surface area contributed by atoms with Crippen LogP contribution in [0.1, 0.15) is 36.5 Å². The third kappa shape index (κ3) is 5.85. The molecule has 6 nitrogen and oxygen atoms in total. The number of hydrogen-bond acceptors (Lipinski definition) is 4. The van der Waals surface area contributed by atoms with Gasteiger partial charge in [0.05, 0.1) is 0 Å². The fourth-order valence-electron chi connectivity index (χ4n) is 1.58. The Morgan fingerprint density at radius 3 is 2.84 bits per heavy atom. The maximum atomic E-state index is 11.8. The molecule has 2 amide bonds. The zero-order valence-corrected chi connectivity index (χ0v) is 11.1. The topological polar surface area (TPSA) is 97.1 Å². The summed E-state index contributed by atoms with van der Waals surface area (Å²) < 4.78 is 0. The van der Waals surface area contributed by atoms with Crippen LogP contribution in [-0.2, 0) is 4.79 Å². The molecule has 0 unspecified atom stereocenters. The number of nitrogens with two attached hydrogens (primary N) is 1. The summed E-state index contributed by atoms with van der Waals surface area (Å²) in [6.07, 6.45) is 3.38. The molecule has 0 aromatic carbocycles. The fraction of sp³-hybridized carbons (Fsp3) is 0.462. The van der Waals surface area contributed by atoms with E-state index in [2.05, 4.69) is 15.6 Å². The summed E-state index contributed by atoms with van der Waals surface area (Å²) in [7, 11) is 0. The Morgan fingerprint density at radius 1 is 1.37 bits per heavy atom. The van der Waals surface area contributed by atoms with Crippen molar-refractivity contribution < 1.29 is 9.59 Å². The van der Waals surface area contributed by atoms with Gasteiger partial charge in [0, 0.05) is 31.3 Å². The van der Waals surface area contributed by atoms with Crippen LogP contribution in [-0.4, -0.2) is 29.9 Å². The number of unbranched alkanes of at least 4 members (excludes halogenated alkanes) is 1. The second-order valence-corrected chi connectivity index (χ2v) is 4.14. The summed E-state index contributed by atoms with van der Waals surface area (Å²) in [5.74, 6) is 0.236. The van der Waals surface area contributed by atoms with Gasteiger partial charge in [-0.05, 0) is 31.9 Å². The van der Waals surface area contributed by atoms with Gasteiger partial charge in [-0.1, -0.05) is 0 Å². The molecular formula is C13H20N4O2. The van der Waals surface area contributed by atoms with Gasteiger partial charge in [-0.2, -0.15) is 0 Å². The highest BCUT2D eigenvalue weighted by Gasteiger charge is 2.06. The van der Waals surface area contributed by atoms with Crippen molar-refractivity contribution in [2.24, 2.45) is 5.73 Å². The molecule has 0 spiro atoms. The predicted octanol–water partition coefficient (Wildman–Crippen LogP) is 0.899. The van der Waals surface area contributed by atoms with E-state index in [1.54, 1.807) is 18.3 Å². The van der Waals surface area contributed by atoms with Crippen LogP contribution in [0.2, 0.25) is 0 Å². The molecule has 0 aliphatic heterocycles. The van der Waals surface area contributed by atoms with Crippen molar-refractivity contribution in [1.82, 2.24) is 10.3 Å². The number of primary amides is 1. The molecule has 0 bridgehead atoms. The number of nitrogens with zero attached hydrogens (tertiary/aromatic N) is 1. The first-order valence-electron chi connectivity index (χ1n) is 6.40. The predicted molar refractivity (Wildman–Crippen MR) is 73.8 cm³/mol. The van der Waals surface area contributed by atoms with Crippen molar-refractivity contribution >= 4 is 17.6 Å². The van der Waals surface area contributed by atoms with Crippen molar-refractivity contribution in [1.29, 1.82) is 0 Å². The van der Waals surface area contributed by atoms with E-state index in [0.717, 1.165) is 13.0 Å². The first-order chi connectivity index (χ1) is 9.13. The zero-order chi connectivity index (χ0) is 14.1. The first-order valence-corrected chi connectivity index (χ1v) is 6.40. The highest BCUT2D eigenvalue weighted by atomic mass is 16.2. The standard InChI is InChI=1S/C13H20N4O2/c1-2-15-12-9-10(6-8-16-12)13(19)17-7-4-3-5-11(14)18/h6,8-9H,2-5,7H2,1H3,(H2,14,18)(H,15,16)(H,17,19). The fourth-order valence-corrected chi connectivity index (χ4v) is 1.58. The van der Waals surface area contributed by atoms with Crippen molar-refractivity contribution in [2.45, 2.75) is 26.2 Å². The number of anilines is 1. The SMILES string of the molecule is CCNc1cc(C(=O)NCCCCC(N)=O)ccn1. The Bertz CT molecular complexity index is 434. The van der Waals surface area contributed by atoms with E-state index in [-0.39, 0.29) is 11.8 Å². The van der Waals surface area contributed by atoms with Gasteiger partial charge in [-0.15, -0.1) is 0 Å². The van der Waals surface area contributed by atoms with E-state index >= 15 is 0 Å². The number of aromatic nitrogens is 1. The third-order valence-corrected chi connectivity index (χ3v) is 2.52. The lowest BCUT2D eigenvalue weighted by Crippen LogP contribution is -2.25. The van der Waals surface area contributed by atoms with Crippen molar-refractivity contribution in [3.63, 3.8) is 0 Å². The Balaban J connectivity index is 2.36. The molecule has 0 saturated carbocycles. The van der Waals surface area contributed by atoms with E-state index in [0.29, 0.717) is 30.8 Å². The molecule has 1 aromatic rings. The molecule has 19 heavy (non-hydrogen) atoms. The van der Waals surface area contributed by atoms with Crippen LogP contribution in [0.15, 0.2) is 18.3 Å². The van der Waals surface area contributed by atoms with Crippen LogP contribution in [0.4, 0.5) is 5.82 Å². The number of amides is 2. The van der Waals surface area contributed by atoms with E-state index in [1.165, 1.54) is 0 Å². The first kappa shape index (κ1) is 14.9. The Morgan fingerprint density at radius 2 is 2.16 bits per heavy atom. The summed E-state index contributed by atoms with van der Waals surface area (Å²) in [5.41, 5.74) is 5.60. The third-order valence-electron chi connectivity index (χ3n) is 2.52. The molecule has 1 aromatic heterocycles. The minimum Gasteiger partial charge on any atom is -0.370 e. The van der Waals surface area contributed by atoms with Gasteiger partial charge < -0.3 is 16.4 Å². The number of carbonyl (C=O) groups excluding carboxylic acids is 2. The van der Waals surface area contributed by atoms with Gasteiger partial charge in [0.2, 0.25) is 5.91 Å². The van der Waals surface area contributed by atoms with Crippen LogP contribution >= 0.6 is 0 Å². The average molecular weight is 264 g/mol. The molecular weight excluding hydrogens is 244 g/mol. The van der Waals surface area contributed by atoms with Crippen molar-refractivity contribution in [2.75, 3.05) is 18.4 Å². The molecule has 0 aliphatic rings. The second kappa shape index (κ2) is 8.07. The zero-order valence-electron chi connectivity index (χ0n) is 11.1. The van der Waals surface area contributed by atoms with Crippen molar-refractivity contribution in [3.8, 4) is 0 Å². The molecule has 6 heteroatoms. The molecule has 0 saturated heterocycles. The van der Waals surface area contributed by atoms with Crippen LogP contribution in [0.5, 0.6) is 0 Å². The lowest BCUT2D eigenvalue weighted by atomic mass is 10.2. The second-order valence-electron chi connectivity index (χ2n) is 4.14. The molecule has 4 N–H and O–H groups in total. The maximum absolute atomic E-state index is 11.8. The smallest absolute Gasteiger partial charge is 0.251 e. The molecule has 1 rings (SSSR count). The minimum atomic E-state index is -0.309. The number of carbonyl (C=O) groups is 2. The normalized spacial score (nSPS) is 9.95. The maximum Gasteiger partial charge on any atom is 0.251 e. The van der Waals surface area contributed by atoms with Gasteiger partial charge in [0.15, 0.2) is 0 Å². The Kier molecular flexibility index (Phi) is 6.35. The van der Waals surface area contributed by atoms with Crippen LogP contribution in [0, 0.1) is 0 Å². The molecule has 0 atom stereocenters. The van der Waals surface area contributed by atoms with Gasteiger partial charge in [0.25, 0.3) is 5.91 Å². The van der Waals surface area contributed by atoms with Gasteiger partial charge in [0.1, 0.15) is 5.82 Å². The van der Waals surface area contributed by atoms with Crippen molar-refractivity contribution in [3.05, 3.63) is 23.9 Å². The van der Waals surface area contributed by atoms with Gasteiger partial charge >= 0.3 is 0 Å². The lowest BCUT2D eigenvalue weighted by molar-refractivity contribution is -0.118. The highest BCUT2D eigenvalue weighted by molar-refractivity contribution is 5.94. The van der Waals surface area contributed by atoms with Crippen LogP contribution < -0.4 is 16.4 Å². The molecule has 104 valence electrons. The van der Waals surface area contributed by atoms with Gasteiger partial charge in [-0.3, -0.25) is 9.59 Å². The molecule has 0 aliphatic carbocycles. The quantitative estimate of drug-likeness (QED) is 0.608. The number of hydrogen-bond donors (Lipinski definition) is 3. The molecule has 1 heterocycles. The van der Waals surface area contributed by atoms with E-state index in [9.17, 15) is 9.59 Å². The summed E-state index contributed by atoms with van der Waals surface area (Å²) in [4.78, 5) is 26.5. The van der Waals surface area contributed by atoms with Crippen LogP contribution in [0.3, 0.4) is 0 Å². The average Bonchev–Trinajstić information content (AvgIpc) is 2.38. The monoisotopic (exact) mass is 264 g/mol. The number of rotatable bonds is 8. The minimum absolute atomic E-state index is 0.138. The van der Waals surface area contributed by atoms with Crippen LogP contribution in [0.25, 0.3) is 0 Å². The van der Waals surface area contributed by atoms with E-state index in [4.69, 9.17) is 5.73 Å². The van der Waals surface area contributed by atoms with E-state index < -0.39 is 0 Å². The molecule has 0 fully saturated rings. The largest absolute Gasteiger partial charge is 0.370 e. The van der Waals surface area contributed by atoms with E-state index in [1.807, 2.05) is 6.92 Å². The molecule has 0 radical (unpaired) electrons. The Labute approximate surface area is 112 Å². The Hall–Kier alpha value is -2.11. The number of pyridine rings is 1. The van der Waals surface area contributed by atoms with Gasteiger partial charge in [-0.25, -0.2) is 4.98 Å². The summed E-state index contributed by atoms with van der Waals surface area (Å²) in [5, 5.41) is 5.84.